The maximum atomic E-state index is 12.4. The van der Waals surface area contributed by atoms with Gasteiger partial charge in [0.15, 0.2) is 5.82 Å². The average molecular weight is 301 g/mol. The predicted octanol–water partition coefficient (Wildman–Crippen LogP) is 3.74. The second-order valence-electron chi connectivity index (χ2n) is 3.54. The van der Waals surface area contributed by atoms with Gasteiger partial charge in [-0.15, -0.1) is 11.3 Å². The summed E-state index contributed by atoms with van der Waals surface area (Å²) < 4.78 is 74.7. The van der Waals surface area contributed by atoms with E-state index in [2.05, 4.69) is 10.1 Å². The number of aromatic nitrogens is 3. The van der Waals surface area contributed by atoms with Crippen LogP contribution in [-0.2, 0) is 0 Å². The molecule has 0 aliphatic heterocycles. The Kier molecular flexibility index (Phi) is 3.29. The lowest BCUT2D eigenvalue weighted by Gasteiger charge is -2.20. The molecule has 2 rings (SSSR count). The van der Waals surface area contributed by atoms with Gasteiger partial charge in [-0.1, -0.05) is 6.07 Å². The Morgan fingerprint density at radius 3 is 2.21 bits per heavy atom. The van der Waals surface area contributed by atoms with Gasteiger partial charge in [0.1, 0.15) is 5.82 Å². The first kappa shape index (κ1) is 13.8. The summed E-state index contributed by atoms with van der Waals surface area (Å²) in [5.74, 6) is -5.12. The Morgan fingerprint density at radius 1 is 1.11 bits per heavy atom. The van der Waals surface area contributed by atoms with Gasteiger partial charge in [-0.3, -0.25) is 5.10 Å². The van der Waals surface area contributed by atoms with Crippen molar-refractivity contribution < 1.29 is 26.3 Å². The van der Waals surface area contributed by atoms with E-state index in [0.29, 0.717) is 4.88 Å². The monoisotopic (exact) mass is 301 g/mol. The highest BCUT2D eigenvalue weighted by Crippen LogP contribution is 2.45. The van der Waals surface area contributed by atoms with Crippen LogP contribution in [0.15, 0.2) is 17.5 Å². The van der Waals surface area contributed by atoms with Crippen molar-refractivity contribution in [2.24, 2.45) is 0 Å². The van der Waals surface area contributed by atoms with E-state index in [9.17, 15) is 26.3 Å². The Hall–Kier alpha value is -1.58. The molecule has 2 aromatic heterocycles. The van der Waals surface area contributed by atoms with Gasteiger partial charge in [-0.05, 0) is 11.4 Å². The number of halogens is 6. The summed E-state index contributed by atoms with van der Waals surface area (Å²) in [6.45, 7) is 0. The molecule has 0 saturated carbocycles. The summed E-state index contributed by atoms with van der Waals surface area (Å²) in [7, 11) is 0. The maximum absolute atomic E-state index is 12.4. The zero-order chi connectivity index (χ0) is 14.3. The molecule has 0 aliphatic rings. The van der Waals surface area contributed by atoms with Crippen molar-refractivity contribution in [3.05, 3.63) is 23.3 Å². The van der Waals surface area contributed by atoms with Crippen LogP contribution in [0.1, 0.15) is 11.7 Å². The number of aromatic amines is 1. The number of thiophene rings is 1. The summed E-state index contributed by atoms with van der Waals surface area (Å²) in [4.78, 5) is 3.67. The first-order chi connectivity index (χ1) is 8.69. The lowest BCUT2D eigenvalue weighted by atomic mass is 10.1. The van der Waals surface area contributed by atoms with Crippen LogP contribution >= 0.6 is 11.3 Å². The molecule has 0 fully saturated rings. The first-order valence-electron chi connectivity index (χ1n) is 4.79. The molecule has 0 aromatic carbocycles. The average Bonchev–Trinajstić information content (AvgIpc) is 2.80. The van der Waals surface area contributed by atoms with Crippen LogP contribution in [0.4, 0.5) is 26.3 Å². The molecule has 104 valence electrons. The fourth-order valence-electron chi connectivity index (χ4n) is 1.42. The molecule has 19 heavy (non-hydrogen) atoms. The molecule has 0 aliphatic carbocycles. The van der Waals surface area contributed by atoms with Gasteiger partial charge in [-0.25, -0.2) is 4.98 Å². The van der Waals surface area contributed by atoms with E-state index in [1.165, 1.54) is 6.07 Å². The van der Waals surface area contributed by atoms with Gasteiger partial charge in [0.25, 0.3) is 0 Å². The number of H-pyrrole nitrogens is 1. The maximum Gasteiger partial charge on any atom is 0.407 e. The van der Waals surface area contributed by atoms with Crippen LogP contribution in [0.3, 0.4) is 0 Å². The van der Waals surface area contributed by atoms with Crippen molar-refractivity contribution in [3.63, 3.8) is 0 Å². The smallest absolute Gasteiger partial charge is 0.262 e. The van der Waals surface area contributed by atoms with E-state index in [4.69, 9.17) is 0 Å². The molecule has 3 nitrogen and oxygen atoms in total. The molecule has 0 saturated heterocycles. The number of nitrogens with one attached hydrogen (secondary N) is 1. The van der Waals surface area contributed by atoms with E-state index in [0.717, 1.165) is 11.3 Å². The van der Waals surface area contributed by atoms with Crippen LogP contribution < -0.4 is 0 Å². The molecule has 2 heterocycles. The summed E-state index contributed by atoms with van der Waals surface area (Å²) >= 11 is 1.11. The van der Waals surface area contributed by atoms with Crippen LogP contribution in [0.2, 0.25) is 0 Å². The summed E-state index contributed by atoms with van der Waals surface area (Å²) in [6, 6.07) is 3.08. The molecular formula is C9H5F6N3S. The first-order valence-corrected chi connectivity index (χ1v) is 5.67. The minimum atomic E-state index is -5.48. The Bertz CT molecular complexity index is 527. The van der Waals surface area contributed by atoms with Crippen molar-refractivity contribution in [1.29, 1.82) is 0 Å². The molecular weight excluding hydrogens is 296 g/mol. The summed E-state index contributed by atoms with van der Waals surface area (Å²) in [6.07, 6.45) is -11.0. The molecule has 10 heteroatoms. The Balaban J connectivity index is 2.40. The minimum Gasteiger partial charge on any atom is -0.262 e. The highest BCUT2D eigenvalue weighted by atomic mass is 32.1. The molecule has 0 spiro atoms. The fraction of sp³-hybridized carbons (Fsp3) is 0.333. The van der Waals surface area contributed by atoms with Crippen molar-refractivity contribution in [3.8, 4) is 10.7 Å². The standard InChI is InChI=1S/C9H5F6N3S/c10-8(11,12)5(9(13,14)15)7-16-6(17-18-7)4-2-1-3-19-4/h1-3,5H,(H,16,17,18). The fourth-order valence-corrected chi connectivity index (χ4v) is 2.07. The molecule has 0 radical (unpaired) electrons. The third-order valence-electron chi connectivity index (χ3n) is 2.17. The van der Waals surface area contributed by atoms with Crippen LogP contribution in [-0.4, -0.2) is 27.5 Å². The zero-order valence-electron chi connectivity index (χ0n) is 8.88. The van der Waals surface area contributed by atoms with E-state index < -0.39 is 24.1 Å². The van der Waals surface area contributed by atoms with Crippen molar-refractivity contribution >= 4 is 11.3 Å². The topological polar surface area (TPSA) is 41.6 Å². The van der Waals surface area contributed by atoms with Gasteiger partial charge in [-0.2, -0.15) is 31.4 Å². The van der Waals surface area contributed by atoms with Crippen molar-refractivity contribution in [2.45, 2.75) is 18.3 Å². The highest BCUT2D eigenvalue weighted by Gasteiger charge is 2.59. The lowest BCUT2D eigenvalue weighted by molar-refractivity contribution is -0.255. The third kappa shape index (κ3) is 2.88. The molecule has 0 amide bonds. The molecule has 2 aromatic rings. The summed E-state index contributed by atoms with van der Waals surface area (Å²) in [5.41, 5.74) is 0. The van der Waals surface area contributed by atoms with Crippen molar-refractivity contribution in [1.82, 2.24) is 15.2 Å². The quantitative estimate of drug-likeness (QED) is 0.859. The second kappa shape index (κ2) is 4.51. The van der Waals surface area contributed by atoms with Gasteiger partial charge in [0.05, 0.1) is 4.88 Å². The Labute approximate surface area is 106 Å². The minimum absolute atomic E-state index is 0.191. The van der Waals surface area contributed by atoms with Crippen LogP contribution in [0.25, 0.3) is 10.7 Å². The number of hydrogen-bond donors (Lipinski definition) is 1. The normalized spacial score (nSPS) is 13.2. The largest absolute Gasteiger partial charge is 0.407 e. The molecule has 0 bridgehead atoms. The van der Waals surface area contributed by atoms with E-state index >= 15 is 0 Å². The third-order valence-corrected chi connectivity index (χ3v) is 3.04. The van der Waals surface area contributed by atoms with Gasteiger partial charge >= 0.3 is 12.4 Å². The number of alkyl halides is 6. The molecule has 1 N–H and O–H groups in total. The van der Waals surface area contributed by atoms with E-state index in [1.54, 1.807) is 16.5 Å². The number of rotatable bonds is 2. The number of nitrogens with zero attached hydrogens (tertiary/aromatic N) is 2. The van der Waals surface area contributed by atoms with Gasteiger partial charge in [0, 0.05) is 0 Å². The van der Waals surface area contributed by atoms with Crippen molar-refractivity contribution in [2.75, 3.05) is 0 Å². The van der Waals surface area contributed by atoms with Crippen LogP contribution in [0.5, 0.6) is 0 Å². The van der Waals surface area contributed by atoms with Gasteiger partial charge in [0.2, 0.25) is 5.92 Å². The second-order valence-corrected chi connectivity index (χ2v) is 4.49. The predicted molar refractivity (Wildman–Crippen MR) is 54.5 cm³/mol. The highest BCUT2D eigenvalue weighted by molar-refractivity contribution is 7.13. The number of hydrogen-bond acceptors (Lipinski definition) is 3. The SMILES string of the molecule is FC(F)(F)C(c1nc(-c2cccs2)n[nH]1)C(F)(F)F. The van der Waals surface area contributed by atoms with Gasteiger partial charge < -0.3 is 0 Å². The van der Waals surface area contributed by atoms with E-state index in [1.807, 2.05) is 0 Å². The van der Waals surface area contributed by atoms with E-state index in [-0.39, 0.29) is 5.82 Å². The zero-order valence-corrected chi connectivity index (χ0v) is 9.70. The molecule has 0 atom stereocenters. The van der Waals surface area contributed by atoms with Crippen LogP contribution in [0, 0.1) is 0 Å². The Morgan fingerprint density at radius 2 is 1.74 bits per heavy atom. The molecule has 0 unspecified atom stereocenters. The summed E-state index contributed by atoms with van der Waals surface area (Å²) in [5, 5.41) is 6.70. The lowest BCUT2D eigenvalue weighted by Crippen LogP contribution is -2.35.